The van der Waals surface area contributed by atoms with Crippen molar-refractivity contribution >= 4 is 29.2 Å². The molecule has 25 heavy (non-hydrogen) atoms. The molecule has 3 aromatic rings. The van der Waals surface area contributed by atoms with Gasteiger partial charge in [-0.3, -0.25) is 0 Å². The van der Waals surface area contributed by atoms with E-state index < -0.39 is 5.97 Å². The molecular formula is C20H13ClN2O2. The van der Waals surface area contributed by atoms with Gasteiger partial charge in [0.1, 0.15) is 0 Å². The molecule has 4 nitrogen and oxygen atoms in total. The van der Waals surface area contributed by atoms with Crippen LogP contribution in [0.2, 0.25) is 5.02 Å². The summed E-state index contributed by atoms with van der Waals surface area (Å²) in [6, 6.07) is 19.6. The molecule has 2 aromatic carbocycles. The third-order valence-electron chi connectivity index (χ3n) is 3.70. The summed E-state index contributed by atoms with van der Waals surface area (Å²) in [4.78, 5) is 11.2. The second kappa shape index (κ2) is 7.08. The minimum absolute atomic E-state index is 0.205. The molecule has 1 heterocycles. The second-order valence-electron chi connectivity index (χ2n) is 5.34. The minimum Gasteiger partial charge on any atom is -0.478 e. The number of carbonyl (C=O) groups is 1. The Hall–Kier alpha value is -3.29. The van der Waals surface area contributed by atoms with Crippen molar-refractivity contribution in [3.05, 3.63) is 88.7 Å². The van der Waals surface area contributed by atoms with E-state index in [4.69, 9.17) is 16.7 Å². The Bertz CT molecular complexity index is 1010. The number of allylic oxidation sites excluding steroid dienone is 1. The molecule has 0 spiro atoms. The van der Waals surface area contributed by atoms with E-state index in [-0.39, 0.29) is 5.56 Å². The Morgan fingerprint density at radius 3 is 2.56 bits per heavy atom. The lowest BCUT2D eigenvalue weighted by atomic mass is 10.1. The fourth-order valence-electron chi connectivity index (χ4n) is 2.52. The lowest BCUT2D eigenvalue weighted by Gasteiger charge is -2.08. The molecule has 0 unspecified atom stereocenters. The van der Waals surface area contributed by atoms with Gasteiger partial charge in [-0.1, -0.05) is 29.8 Å². The fraction of sp³-hybridized carbons (Fsp3) is 0. The number of aromatic nitrogens is 1. The van der Waals surface area contributed by atoms with E-state index >= 15 is 0 Å². The van der Waals surface area contributed by atoms with E-state index in [0.29, 0.717) is 16.3 Å². The van der Waals surface area contributed by atoms with Gasteiger partial charge in [-0.2, -0.15) is 5.26 Å². The number of nitriles is 1. The molecule has 0 aliphatic heterocycles. The molecule has 3 rings (SSSR count). The normalized spacial score (nSPS) is 11.1. The van der Waals surface area contributed by atoms with Crippen molar-refractivity contribution in [2.45, 2.75) is 0 Å². The smallest absolute Gasteiger partial charge is 0.335 e. The highest BCUT2D eigenvalue weighted by atomic mass is 35.5. The first-order chi connectivity index (χ1) is 12.1. The maximum absolute atomic E-state index is 11.2. The van der Waals surface area contributed by atoms with Gasteiger partial charge in [0.25, 0.3) is 0 Å². The summed E-state index contributed by atoms with van der Waals surface area (Å²) in [6.07, 6.45) is 3.57. The molecule has 0 fully saturated rings. The average molecular weight is 349 g/mol. The van der Waals surface area contributed by atoms with E-state index in [2.05, 4.69) is 6.07 Å². The number of benzene rings is 2. The molecule has 0 bridgehead atoms. The highest BCUT2D eigenvalue weighted by Crippen LogP contribution is 2.23. The minimum atomic E-state index is -0.984. The van der Waals surface area contributed by atoms with Crippen LogP contribution in [-0.4, -0.2) is 15.6 Å². The Balaban J connectivity index is 2.06. The highest BCUT2D eigenvalue weighted by Gasteiger charge is 2.08. The summed E-state index contributed by atoms with van der Waals surface area (Å²) >= 11 is 6.00. The molecule has 0 aliphatic rings. The molecule has 0 radical (unpaired) electrons. The number of nitrogens with zero attached hydrogens (tertiary/aromatic N) is 2. The summed E-state index contributed by atoms with van der Waals surface area (Å²) in [6.45, 7) is 0. The molecule has 5 heteroatoms. The zero-order valence-corrected chi connectivity index (χ0v) is 13.8. The molecule has 1 N–H and O–H groups in total. The van der Waals surface area contributed by atoms with Crippen LogP contribution in [0.4, 0.5) is 0 Å². The van der Waals surface area contributed by atoms with Crippen molar-refractivity contribution in [2.75, 3.05) is 0 Å². The summed E-state index contributed by atoms with van der Waals surface area (Å²) in [7, 11) is 0. The van der Waals surface area contributed by atoms with Gasteiger partial charge in [-0.25, -0.2) is 4.79 Å². The molecule has 0 atom stereocenters. The number of aromatic carboxylic acids is 1. The van der Waals surface area contributed by atoms with Gasteiger partial charge in [0, 0.05) is 22.6 Å². The first-order valence-corrected chi connectivity index (χ1v) is 7.85. The van der Waals surface area contributed by atoms with Crippen molar-refractivity contribution in [2.24, 2.45) is 0 Å². The summed E-state index contributed by atoms with van der Waals surface area (Å²) < 4.78 is 1.83. The van der Waals surface area contributed by atoms with Crippen LogP contribution < -0.4 is 0 Å². The Morgan fingerprint density at radius 2 is 1.84 bits per heavy atom. The maximum Gasteiger partial charge on any atom is 0.335 e. The number of hydrogen-bond donors (Lipinski definition) is 1. The molecule has 0 saturated heterocycles. The lowest BCUT2D eigenvalue weighted by molar-refractivity contribution is 0.0697. The third-order valence-corrected chi connectivity index (χ3v) is 3.93. The van der Waals surface area contributed by atoms with Crippen molar-refractivity contribution in [1.82, 2.24) is 4.57 Å². The quantitative estimate of drug-likeness (QED) is 0.682. The predicted molar refractivity (Wildman–Crippen MR) is 97.7 cm³/mol. The van der Waals surface area contributed by atoms with Crippen LogP contribution in [-0.2, 0) is 0 Å². The van der Waals surface area contributed by atoms with E-state index in [0.717, 1.165) is 11.3 Å². The first kappa shape index (κ1) is 16.6. The topological polar surface area (TPSA) is 66.0 Å². The van der Waals surface area contributed by atoms with Crippen molar-refractivity contribution in [3.8, 4) is 11.8 Å². The average Bonchev–Trinajstić information content (AvgIpc) is 3.08. The van der Waals surface area contributed by atoms with Crippen LogP contribution in [0.3, 0.4) is 0 Å². The highest BCUT2D eigenvalue weighted by molar-refractivity contribution is 6.30. The predicted octanol–water partition coefficient (Wildman–Crippen LogP) is 4.89. The second-order valence-corrected chi connectivity index (χ2v) is 5.78. The van der Waals surface area contributed by atoms with Gasteiger partial charge in [-0.05, 0) is 54.1 Å². The van der Waals surface area contributed by atoms with Crippen molar-refractivity contribution < 1.29 is 9.90 Å². The largest absolute Gasteiger partial charge is 0.478 e. The van der Waals surface area contributed by atoms with Crippen LogP contribution in [0, 0.1) is 11.3 Å². The Labute approximate surface area is 149 Å². The van der Waals surface area contributed by atoms with E-state index in [1.54, 1.807) is 36.4 Å². The molecule has 122 valence electrons. The Morgan fingerprint density at radius 1 is 1.08 bits per heavy atom. The number of hydrogen-bond acceptors (Lipinski definition) is 2. The fourth-order valence-corrected chi connectivity index (χ4v) is 2.71. The van der Waals surface area contributed by atoms with Crippen LogP contribution >= 0.6 is 11.6 Å². The summed E-state index contributed by atoms with van der Waals surface area (Å²) in [5, 5.41) is 19.2. The SMILES string of the molecule is N#C/C(=C\c1cccn1-c1cccc(C(=O)O)c1)c1cccc(Cl)c1. The summed E-state index contributed by atoms with van der Waals surface area (Å²) in [5.74, 6) is -0.984. The van der Waals surface area contributed by atoms with Gasteiger partial charge >= 0.3 is 5.97 Å². The number of carboxylic acids is 1. The van der Waals surface area contributed by atoms with E-state index in [1.807, 2.05) is 35.0 Å². The number of rotatable bonds is 4. The maximum atomic E-state index is 11.2. The summed E-state index contributed by atoms with van der Waals surface area (Å²) in [5.41, 5.74) is 2.87. The van der Waals surface area contributed by atoms with Crippen LogP contribution in [0.15, 0.2) is 66.9 Å². The van der Waals surface area contributed by atoms with Gasteiger partial charge in [-0.15, -0.1) is 0 Å². The van der Waals surface area contributed by atoms with Crippen molar-refractivity contribution in [3.63, 3.8) is 0 Å². The molecule has 1 aromatic heterocycles. The molecule has 0 amide bonds. The zero-order valence-electron chi connectivity index (χ0n) is 13.1. The van der Waals surface area contributed by atoms with Gasteiger partial charge in [0.2, 0.25) is 0 Å². The van der Waals surface area contributed by atoms with Crippen LogP contribution in [0.5, 0.6) is 0 Å². The van der Waals surface area contributed by atoms with Crippen LogP contribution in [0.25, 0.3) is 17.3 Å². The zero-order chi connectivity index (χ0) is 17.8. The Kier molecular flexibility index (Phi) is 4.69. The van der Waals surface area contributed by atoms with Gasteiger partial charge < -0.3 is 9.67 Å². The standard InChI is InChI=1S/C20H13ClN2O2/c21-17-6-1-4-14(10-17)16(13-22)12-19-8-3-9-23(19)18-7-2-5-15(11-18)20(24)25/h1-12H,(H,24,25)/b16-12+. The number of halogens is 1. The number of carboxylic acid groups (broad SMARTS) is 1. The van der Waals surface area contributed by atoms with E-state index in [1.165, 1.54) is 6.07 Å². The van der Waals surface area contributed by atoms with Gasteiger partial charge in [0.15, 0.2) is 0 Å². The first-order valence-electron chi connectivity index (χ1n) is 7.47. The van der Waals surface area contributed by atoms with E-state index in [9.17, 15) is 10.1 Å². The van der Waals surface area contributed by atoms with Gasteiger partial charge in [0.05, 0.1) is 17.2 Å². The van der Waals surface area contributed by atoms with Crippen molar-refractivity contribution in [1.29, 1.82) is 5.26 Å². The monoisotopic (exact) mass is 348 g/mol. The molecule has 0 saturated carbocycles. The molecular weight excluding hydrogens is 336 g/mol. The van der Waals surface area contributed by atoms with Crippen LogP contribution in [0.1, 0.15) is 21.6 Å². The lowest BCUT2D eigenvalue weighted by Crippen LogP contribution is -2.00. The third kappa shape index (κ3) is 3.63. The molecule has 0 aliphatic carbocycles.